The van der Waals surface area contributed by atoms with Gasteiger partial charge in [-0.25, -0.2) is 4.98 Å². The summed E-state index contributed by atoms with van der Waals surface area (Å²) in [6.45, 7) is 1.58. The molecule has 1 aliphatic heterocycles. The van der Waals surface area contributed by atoms with Crippen LogP contribution in [0, 0.1) is 10.1 Å². The van der Waals surface area contributed by atoms with Gasteiger partial charge in [-0.2, -0.15) is 0 Å². The Kier molecular flexibility index (Phi) is 4.69. The summed E-state index contributed by atoms with van der Waals surface area (Å²) in [6.07, 6.45) is 1.03. The van der Waals surface area contributed by atoms with Crippen molar-refractivity contribution >= 4 is 17.3 Å². The number of aliphatic hydroxyl groups is 1. The number of ether oxygens (including phenoxy) is 1. The number of aromatic nitrogens is 3. The molecule has 27 heavy (non-hydrogen) atoms. The van der Waals surface area contributed by atoms with Crippen LogP contribution in [0.5, 0.6) is 0 Å². The van der Waals surface area contributed by atoms with Crippen molar-refractivity contribution in [3.05, 3.63) is 64.3 Å². The molecule has 1 N–H and O–H groups in total. The van der Waals surface area contributed by atoms with Crippen LogP contribution in [-0.4, -0.2) is 50.4 Å². The Balaban J connectivity index is 1.61. The molecule has 0 spiro atoms. The van der Waals surface area contributed by atoms with Gasteiger partial charge in [0.2, 0.25) is 5.65 Å². The lowest BCUT2D eigenvalue weighted by Crippen LogP contribution is -2.46. The third kappa shape index (κ3) is 3.46. The number of hydrogen-bond donors (Lipinski definition) is 1. The average Bonchev–Trinajstić information content (AvgIpc) is 3.12. The fourth-order valence-corrected chi connectivity index (χ4v) is 3.35. The Morgan fingerprint density at radius 2 is 2.11 bits per heavy atom. The first-order valence-electron chi connectivity index (χ1n) is 8.70. The van der Waals surface area contributed by atoms with E-state index < -0.39 is 11.0 Å². The van der Waals surface area contributed by atoms with Gasteiger partial charge in [-0.3, -0.25) is 0 Å². The van der Waals surface area contributed by atoms with Crippen LogP contribution in [-0.2, 0) is 4.74 Å². The molecule has 0 radical (unpaired) electrons. The van der Waals surface area contributed by atoms with E-state index >= 15 is 0 Å². The Bertz CT molecular complexity index is 945. The molecule has 1 aliphatic rings. The molecule has 9 heteroatoms. The van der Waals surface area contributed by atoms with Gasteiger partial charge in [-0.1, -0.05) is 39.9 Å². The largest absolute Gasteiger partial charge is 0.388 e. The minimum atomic E-state index is -0.633. The third-order valence-electron chi connectivity index (χ3n) is 4.72. The molecule has 0 bridgehead atoms. The maximum Gasteiger partial charge on any atom is 0.368 e. The molecule has 2 unspecified atom stereocenters. The number of morpholine rings is 1. The van der Waals surface area contributed by atoms with Crippen LogP contribution in [0.1, 0.15) is 18.1 Å². The molecular formula is C18H19N5O4. The van der Waals surface area contributed by atoms with E-state index in [2.05, 4.69) is 10.1 Å². The molecule has 0 amide bonds. The quantitative estimate of drug-likeness (QED) is 0.541. The van der Waals surface area contributed by atoms with E-state index in [1.165, 1.54) is 10.7 Å². The van der Waals surface area contributed by atoms with Gasteiger partial charge in [0.05, 0.1) is 25.4 Å². The molecule has 1 saturated heterocycles. The molecule has 2 aromatic heterocycles. The van der Waals surface area contributed by atoms with E-state index in [4.69, 9.17) is 4.74 Å². The summed E-state index contributed by atoms with van der Waals surface area (Å²) >= 11 is 0. The van der Waals surface area contributed by atoms with Gasteiger partial charge < -0.3 is 24.9 Å². The standard InChI is InChI=1S/C18H19N5O4/c24-15(13-4-2-1-3-5-13)10-14-12-27-9-8-21(14)17-7-6-16-19-11-18(23(25)26)22(16)20-17/h1-7,11,14-15,24H,8-10,12H2. The predicted molar refractivity (Wildman–Crippen MR) is 97.6 cm³/mol. The highest BCUT2D eigenvalue weighted by molar-refractivity contribution is 5.50. The van der Waals surface area contributed by atoms with Crippen molar-refractivity contribution in [3.8, 4) is 0 Å². The zero-order chi connectivity index (χ0) is 18.8. The van der Waals surface area contributed by atoms with Crippen LogP contribution in [0.15, 0.2) is 48.7 Å². The van der Waals surface area contributed by atoms with E-state index in [0.717, 1.165) is 5.56 Å². The van der Waals surface area contributed by atoms with E-state index in [-0.39, 0.29) is 11.9 Å². The van der Waals surface area contributed by atoms with Gasteiger partial charge in [-0.15, -0.1) is 0 Å². The van der Waals surface area contributed by atoms with Crippen LogP contribution >= 0.6 is 0 Å². The van der Waals surface area contributed by atoms with E-state index in [9.17, 15) is 15.2 Å². The molecule has 4 rings (SSSR count). The lowest BCUT2D eigenvalue weighted by Gasteiger charge is -2.37. The first-order valence-corrected chi connectivity index (χ1v) is 8.70. The number of nitro groups is 1. The van der Waals surface area contributed by atoms with Gasteiger partial charge in [0.25, 0.3) is 0 Å². The fourth-order valence-electron chi connectivity index (χ4n) is 3.35. The molecule has 2 atom stereocenters. The second kappa shape index (κ2) is 7.29. The zero-order valence-corrected chi connectivity index (χ0v) is 14.5. The van der Waals surface area contributed by atoms with Gasteiger partial charge in [-0.05, 0) is 16.6 Å². The zero-order valence-electron chi connectivity index (χ0n) is 14.5. The normalized spacial score (nSPS) is 18.6. The van der Waals surface area contributed by atoms with Crippen LogP contribution in [0.25, 0.3) is 5.65 Å². The summed E-state index contributed by atoms with van der Waals surface area (Å²) in [4.78, 5) is 16.7. The first-order chi connectivity index (χ1) is 13.1. The lowest BCUT2D eigenvalue weighted by atomic mass is 10.0. The van der Waals surface area contributed by atoms with Gasteiger partial charge >= 0.3 is 5.82 Å². The van der Waals surface area contributed by atoms with Crippen molar-refractivity contribution in [3.63, 3.8) is 0 Å². The predicted octanol–water partition coefficient (Wildman–Crippen LogP) is 1.97. The summed E-state index contributed by atoms with van der Waals surface area (Å²) < 4.78 is 6.83. The lowest BCUT2D eigenvalue weighted by molar-refractivity contribution is -0.391. The van der Waals surface area contributed by atoms with Crippen molar-refractivity contribution in [2.75, 3.05) is 24.7 Å². The molecule has 1 fully saturated rings. The number of nitrogens with zero attached hydrogens (tertiary/aromatic N) is 5. The molecule has 1 aromatic carbocycles. The van der Waals surface area contributed by atoms with E-state index in [1.807, 2.05) is 35.2 Å². The number of imidazole rings is 1. The highest BCUT2D eigenvalue weighted by atomic mass is 16.6. The number of benzene rings is 1. The van der Waals surface area contributed by atoms with Crippen molar-refractivity contribution in [1.82, 2.24) is 14.6 Å². The van der Waals surface area contributed by atoms with Crippen molar-refractivity contribution in [2.24, 2.45) is 0 Å². The molecular weight excluding hydrogens is 350 g/mol. The highest BCUT2D eigenvalue weighted by Crippen LogP contribution is 2.26. The number of fused-ring (bicyclic) bond motifs is 1. The molecule has 9 nitrogen and oxygen atoms in total. The minimum absolute atomic E-state index is 0.0958. The minimum Gasteiger partial charge on any atom is -0.388 e. The number of anilines is 1. The first kappa shape index (κ1) is 17.4. The maximum atomic E-state index is 11.2. The summed E-state index contributed by atoms with van der Waals surface area (Å²) in [7, 11) is 0. The number of hydrogen-bond acceptors (Lipinski definition) is 7. The van der Waals surface area contributed by atoms with Crippen LogP contribution in [0.4, 0.5) is 11.6 Å². The highest BCUT2D eigenvalue weighted by Gasteiger charge is 2.28. The smallest absolute Gasteiger partial charge is 0.368 e. The Morgan fingerprint density at radius 1 is 1.30 bits per heavy atom. The summed E-state index contributed by atoms with van der Waals surface area (Å²) in [5.74, 6) is 0.415. The summed E-state index contributed by atoms with van der Waals surface area (Å²) in [5.41, 5.74) is 1.26. The number of aliphatic hydroxyl groups excluding tert-OH is 1. The second-order valence-corrected chi connectivity index (χ2v) is 6.42. The van der Waals surface area contributed by atoms with E-state index in [0.29, 0.717) is 37.6 Å². The van der Waals surface area contributed by atoms with Crippen molar-refractivity contribution in [1.29, 1.82) is 0 Å². The number of rotatable bonds is 5. The van der Waals surface area contributed by atoms with Crippen LogP contribution in [0.3, 0.4) is 0 Å². The average molecular weight is 369 g/mol. The third-order valence-corrected chi connectivity index (χ3v) is 4.72. The Morgan fingerprint density at radius 3 is 2.89 bits per heavy atom. The molecule has 0 aliphatic carbocycles. The van der Waals surface area contributed by atoms with Crippen molar-refractivity contribution < 1.29 is 14.8 Å². The molecule has 0 saturated carbocycles. The van der Waals surface area contributed by atoms with Crippen LogP contribution in [0.2, 0.25) is 0 Å². The topological polar surface area (TPSA) is 106 Å². The monoisotopic (exact) mass is 369 g/mol. The summed E-state index contributed by atoms with van der Waals surface area (Å²) in [6, 6.07) is 12.9. The molecule has 140 valence electrons. The second-order valence-electron chi connectivity index (χ2n) is 6.42. The molecule has 3 aromatic rings. The Labute approximate surface area is 155 Å². The molecule has 3 heterocycles. The van der Waals surface area contributed by atoms with Crippen molar-refractivity contribution in [2.45, 2.75) is 18.6 Å². The van der Waals surface area contributed by atoms with Gasteiger partial charge in [0.15, 0.2) is 5.82 Å². The van der Waals surface area contributed by atoms with Crippen LogP contribution < -0.4 is 4.90 Å². The summed E-state index contributed by atoms with van der Waals surface area (Å²) in [5, 5.41) is 26.2. The maximum absolute atomic E-state index is 11.2. The van der Waals surface area contributed by atoms with Gasteiger partial charge in [0.1, 0.15) is 6.20 Å². The SMILES string of the molecule is O=[N+]([O-])c1cnc2ccc(N3CCOCC3CC(O)c3ccccc3)nn12. The van der Waals surface area contributed by atoms with E-state index in [1.54, 1.807) is 12.1 Å². The van der Waals surface area contributed by atoms with Gasteiger partial charge in [0, 0.05) is 19.0 Å². The Hall–Kier alpha value is -3.04. The fraction of sp³-hybridized carbons (Fsp3) is 0.333.